The Balaban J connectivity index is 2.88. The molecule has 1 aliphatic rings. The molecule has 0 bridgehead atoms. The van der Waals surface area contributed by atoms with Gasteiger partial charge < -0.3 is 10.1 Å². The molecule has 0 saturated carbocycles. The highest BCUT2D eigenvalue weighted by molar-refractivity contribution is 5.91. The lowest BCUT2D eigenvalue weighted by molar-refractivity contribution is -0.352. The molecule has 0 saturated heterocycles. The van der Waals surface area contributed by atoms with Gasteiger partial charge >= 0.3 is 5.96 Å². The minimum atomic E-state index is -0.592. The molecule has 0 atom stereocenters. The summed E-state index contributed by atoms with van der Waals surface area (Å²) < 4.78 is 0. The lowest BCUT2D eigenvalue weighted by Crippen LogP contribution is -2.15. The maximum absolute atomic E-state index is 10.1. The number of rotatable bonds is 0. The predicted molar refractivity (Wildman–Crippen MR) is 37.0 cm³/mol. The monoisotopic (exact) mass is 141 g/mol. The summed E-state index contributed by atoms with van der Waals surface area (Å²) in [6.45, 7) is 3.51. The summed E-state index contributed by atoms with van der Waals surface area (Å²) in [5.74, 6) is -0.301. The van der Waals surface area contributed by atoms with Gasteiger partial charge in [0.15, 0.2) is 5.54 Å². The number of hydrogen-bond donors (Lipinski definition) is 0. The number of hydrogen-bond acceptors (Lipinski definition) is 4. The van der Waals surface area contributed by atoms with E-state index in [-0.39, 0.29) is 5.96 Å². The fourth-order valence-electron chi connectivity index (χ4n) is 0.619. The largest absolute Gasteiger partial charge is 0.464 e. The fraction of sp³-hybridized carbons (Fsp3) is 0.600. The molecule has 5 heteroatoms. The number of aliphatic imine (C=N–C) groups is 2. The molecule has 1 aliphatic heterocycles. The van der Waals surface area contributed by atoms with Gasteiger partial charge in [-0.05, 0) is 18.8 Å². The lowest BCUT2D eigenvalue weighted by Gasteiger charge is -1.98. The van der Waals surface area contributed by atoms with Gasteiger partial charge in [-0.1, -0.05) is 9.98 Å². The van der Waals surface area contributed by atoms with E-state index in [2.05, 4.69) is 9.98 Å². The second-order valence-electron chi connectivity index (χ2n) is 2.58. The van der Waals surface area contributed by atoms with Gasteiger partial charge in [-0.3, -0.25) is 0 Å². The minimum Gasteiger partial charge on any atom is -0.390 e. The van der Waals surface area contributed by atoms with E-state index in [1.165, 1.54) is 6.21 Å². The average molecular weight is 141 g/mol. The van der Waals surface area contributed by atoms with Crippen molar-refractivity contribution in [3.63, 3.8) is 0 Å². The summed E-state index contributed by atoms with van der Waals surface area (Å²) in [5, 5.41) is 10.1. The molecule has 0 spiro atoms. The maximum Gasteiger partial charge on any atom is 0.464 e. The Kier molecular flexibility index (Phi) is 1.28. The minimum absolute atomic E-state index is 0.301. The van der Waals surface area contributed by atoms with Crippen LogP contribution in [0.4, 0.5) is 0 Å². The van der Waals surface area contributed by atoms with Gasteiger partial charge in [0.05, 0.1) is 0 Å². The van der Waals surface area contributed by atoms with Crippen molar-refractivity contribution in [1.82, 2.24) is 0 Å². The van der Waals surface area contributed by atoms with E-state index < -0.39 is 10.5 Å². The van der Waals surface area contributed by atoms with E-state index in [9.17, 15) is 10.1 Å². The Morgan fingerprint density at radius 1 is 1.70 bits per heavy atom. The van der Waals surface area contributed by atoms with Crippen LogP contribution in [-0.4, -0.2) is 22.6 Å². The van der Waals surface area contributed by atoms with E-state index in [0.717, 1.165) is 0 Å². The van der Waals surface area contributed by atoms with Crippen molar-refractivity contribution in [2.24, 2.45) is 9.98 Å². The van der Waals surface area contributed by atoms with Crippen molar-refractivity contribution in [1.29, 1.82) is 0 Å². The van der Waals surface area contributed by atoms with Crippen LogP contribution in [0.15, 0.2) is 9.98 Å². The first-order valence-corrected chi connectivity index (χ1v) is 2.81. The van der Waals surface area contributed by atoms with Gasteiger partial charge in [0.2, 0.25) is 0 Å². The first-order chi connectivity index (χ1) is 4.51. The summed E-state index contributed by atoms with van der Waals surface area (Å²) in [6.07, 6.45) is 1.46. The van der Waals surface area contributed by atoms with Gasteiger partial charge in [-0.2, -0.15) is 0 Å². The molecule has 0 aromatic heterocycles. The zero-order chi connectivity index (χ0) is 7.78. The van der Waals surface area contributed by atoms with Crippen LogP contribution in [0.2, 0.25) is 0 Å². The molecule has 1 heterocycles. The smallest absolute Gasteiger partial charge is 0.390 e. The van der Waals surface area contributed by atoms with Crippen molar-refractivity contribution in [2.45, 2.75) is 19.4 Å². The van der Waals surface area contributed by atoms with Crippen molar-refractivity contribution < 1.29 is 4.92 Å². The van der Waals surface area contributed by atoms with Crippen LogP contribution in [0.3, 0.4) is 0 Å². The number of guanidine groups is 1. The van der Waals surface area contributed by atoms with E-state index in [0.29, 0.717) is 0 Å². The third-order valence-electron chi connectivity index (χ3n) is 1.05. The molecular formula is C5H7N3O2. The molecule has 0 radical (unpaired) electrons. The van der Waals surface area contributed by atoms with Gasteiger partial charge in [0.25, 0.3) is 0 Å². The van der Waals surface area contributed by atoms with Crippen LogP contribution < -0.4 is 0 Å². The van der Waals surface area contributed by atoms with E-state index in [4.69, 9.17) is 0 Å². The molecule has 0 fully saturated rings. The van der Waals surface area contributed by atoms with Crippen LogP contribution in [0.5, 0.6) is 0 Å². The first kappa shape index (κ1) is 6.85. The molecule has 0 aromatic carbocycles. The van der Waals surface area contributed by atoms with Crippen LogP contribution >= 0.6 is 0 Å². The normalized spacial score (nSPS) is 20.8. The Morgan fingerprint density at radius 3 is 2.50 bits per heavy atom. The van der Waals surface area contributed by atoms with Gasteiger partial charge in [0.1, 0.15) is 6.21 Å². The molecule has 54 valence electrons. The SMILES string of the molecule is CC1(C)C=NC([N+](=O)[O-])=N1. The summed E-state index contributed by atoms with van der Waals surface area (Å²) in [4.78, 5) is 16.7. The zero-order valence-corrected chi connectivity index (χ0v) is 5.74. The van der Waals surface area contributed by atoms with Crippen LogP contribution in [0, 0.1) is 10.1 Å². The van der Waals surface area contributed by atoms with Crippen molar-refractivity contribution in [2.75, 3.05) is 0 Å². The summed E-state index contributed by atoms with van der Waals surface area (Å²) in [7, 11) is 0. The molecule has 0 N–H and O–H groups in total. The molecule has 5 nitrogen and oxygen atoms in total. The van der Waals surface area contributed by atoms with Gasteiger partial charge in [-0.15, -0.1) is 0 Å². The van der Waals surface area contributed by atoms with Crippen LogP contribution in [0.25, 0.3) is 0 Å². The third-order valence-corrected chi connectivity index (χ3v) is 1.05. The molecular weight excluding hydrogens is 134 g/mol. The van der Waals surface area contributed by atoms with Crippen LogP contribution in [-0.2, 0) is 0 Å². The standard InChI is InChI=1S/C5H7N3O2/c1-5(2)3-6-4(7-5)8(9)10/h3H,1-2H3. The summed E-state index contributed by atoms with van der Waals surface area (Å²) in [6, 6.07) is 0. The second-order valence-corrected chi connectivity index (χ2v) is 2.58. The summed E-state index contributed by atoms with van der Waals surface area (Å²) >= 11 is 0. The average Bonchev–Trinajstić information content (AvgIpc) is 2.10. The van der Waals surface area contributed by atoms with Crippen molar-refractivity contribution in [3.05, 3.63) is 10.1 Å². The maximum atomic E-state index is 10.1. The number of nitro groups is 1. The summed E-state index contributed by atoms with van der Waals surface area (Å²) in [5.41, 5.74) is -0.498. The zero-order valence-electron chi connectivity index (χ0n) is 5.74. The Labute approximate surface area is 57.6 Å². The Bertz CT molecular complexity index is 229. The Hall–Kier alpha value is -1.26. The predicted octanol–water partition coefficient (Wildman–Crippen LogP) is 0.482. The highest BCUT2D eigenvalue weighted by atomic mass is 16.6. The molecule has 0 aromatic rings. The molecule has 0 unspecified atom stereocenters. The Morgan fingerprint density at radius 2 is 2.30 bits per heavy atom. The van der Waals surface area contributed by atoms with E-state index in [1.54, 1.807) is 13.8 Å². The van der Waals surface area contributed by atoms with E-state index >= 15 is 0 Å². The topological polar surface area (TPSA) is 67.9 Å². The van der Waals surface area contributed by atoms with Crippen molar-refractivity contribution >= 4 is 12.2 Å². The van der Waals surface area contributed by atoms with E-state index in [1.807, 2.05) is 0 Å². The van der Waals surface area contributed by atoms with Crippen molar-refractivity contribution in [3.8, 4) is 0 Å². The molecule has 0 aliphatic carbocycles. The second kappa shape index (κ2) is 1.86. The molecule has 1 rings (SSSR count). The highest BCUT2D eigenvalue weighted by Crippen LogP contribution is 2.11. The van der Waals surface area contributed by atoms with Crippen LogP contribution in [0.1, 0.15) is 13.8 Å². The highest BCUT2D eigenvalue weighted by Gasteiger charge is 2.30. The van der Waals surface area contributed by atoms with Gasteiger partial charge in [-0.25, -0.2) is 0 Å². The molecule has 10 heavy (non-hydrogen) atoms. The molecule has 0 amide bonds. The third kappa shape index (κ3) is 1.18. The fourth-order valence-corrected chi connectivity index (χ4v) is 0.619. The van der Waals surface area contributed by atoms with Gasteiger partial charge in [0, 0.05) is 0 Å². The quantitative estimate of drug-likeness (QED) is 0.363. The number of nitrogens with zero attached hydrogens (tertiary/aromatic N) is 3. The first-order valence-electron chi connectivity index (χ1n) is 2.81. The lowest BCUT2D eigenvalue weighted by atomic mass is 10.1.